The molecule has 27 heavy (non-hydrogen) atoms. The third kappa shape index (κ3) is 4.33. The molecule has 1 aromatic carbocycles. The van der Waals surface area contributed by atoms with Crippen LogP contribution >= 0.6 is 0 Å². The topological polar surface area (TPSA) is 121 Å². The van der Waals surface area contributed by atoms with Gasteiger partial charge in [0.05, 0.1) is 0 Å². The summed E-state index contributed by atoms with van der Waals surface area (Å²) >= 11 is 0. The lowest BCUT2D eigenvalue weighted by molar-refractivity contribution is -0.143. The monoisotopic (exact) mass is 370 g/mol. The average Bonchev–Trinajstić information content (AvgIpc) is 3.31. The molecule has 0 unspecified atom stereocenters. The van der Waals surface area contributed by atoms with Gasteiger partial charge >= 0.3 is 5.97 Å². The second kappa shape index (κ2) is 8.03. The number of benzene rings is 1. The number of aliphatic carboxylic acids is 1. The molecule has 8 nitrogen and oxygen atoms in total. The van der Waals surface area contributed by atoms with E-state index in [-0.39, 0.29) is 24.7 Å². The van der Waals surface area contributed by atoms with Crippen LogP contribution in [0, 0.1) is 5.92 Å². The zero-order valence-electron chi connectivity index (χ0n) is 15.2. The number of carboxylic acid groups (broad SMARTS) is 1. The van der Waals surface area contributed by atoms with Crippen LogP contribution in [0.25, 0.3) is 22.3 Å². The Labute approximate surface area is 156 Å². The molecule has 0 aliphatic heterocycles. The van der Waals surface area contributed by atoms with E-state index in [1.54, 1.807) is 6.92 Å². The molecule has 3 rings (SSSR count). The predicted molar refractivity (Wildman–Crippen MR) is 98.9 cm³/mol. The number of aromatic nitrogens is 3. The summed E-state index contributed by atoms with van der Waals surface area (Å²) in [6.45, 7) is 3.68. The second-order valence-corrected chi connectivity index (χ2v) is 6.56. The van der Waals surface area contributed by atoms with Crippen LogP contribution in [-0.2, 0) is 16.0 Å². The summed E-state index contributed by atoms with van der Waals surface area (Å²) in [5.41, 5.74) is 1.79. The lowest BCUT2D eigenvalue weighted by Crippen LogP contribution is -2.45. The van der Waals surface area contributed by atoms with Crippen molar-refractivity contribution in [1.82, 2.24) is 20.4 Å². The summed E-state index contributed by atoms with van der Waals surface area (Å²) in [7, 11) is 0. The molecule has 142 valence electrons. The average molecular weight is 370 g/mol. The van der Waals surface area contributed by atoms with E-state index >= 15 is 0 Å². The van der Waals surface area contributed by atoms with Crippen LogP contribution in [0.4, 0.5) is 0 Å². The Balaban J connectivity index is 1.60. The SMILES string of the molecule is CC[C@H](C)[C@H](NC(=O)CCc1nc(-c2ccc3cc[nH]c3c2)no1)C(=O)O. The largest absolute Gasteiger partial charge is 0.480 e. The van der Waals surface area contributed by atoms with E-state index in [9.17, 15) is 14.7 Å². The molecule has 2 atom stereocenters. The van der Waals surface area contributed by atoms with Crippen molar-refractivity contribution in [2.75, 3.05) is 0 Å². The fraction of sp³-hybridized carbons (Fsp3) is 0.368. The highest BCUT2D eigenvalue weighted by Crippen LogP contribution is 2.21. The van der Waals surface area contributed by atoms with Gasteiger partial charge in [-0.15, -0.1) is 0 Å². The number of aromatic amines is 1. The van der Waals surface area contributed by atoms with Crippen LogP contribution in [0.15, 0.2) is 35.0 Å². The number of carbonyl (C=O) groups excluding carboxylic acids is 1. The van der Waals surface area contributed by atoms with E-state index in [1.165, 1.54) is 0 Å². The molecule has 0 bridgehead atoms. The maximum Gasteiger partial charge on any atom is 0.326 e. The number of carboxylic acids is 1. The minimum absolute atomic E-state index is 0.0809. The van der Waals surface area contributed by atoms with Crippen molar-refractivity contribution in [2.45, 2.75) is 39.2 Å². The molecule has 0 spiro atoms. The summed E-state index contributed by atoms with van der Waals surface area (Å²) < 4.78 is 5.22. The van der Waals surface area contributed by atoms with Gasteiger partial charge in [0, 0.05) is 30.1 Å². The molecule has 0 aliphatic rings. The molecule has 2 heterocycles. The van der Waals surface area contributed by atoms with E-state index < -0.39 is 12.0 Å². The molecule has 0 saturated heterocycles. The Bertz CT molecular complexity index is 946. The van der Waals surface area contributed by atoms with Crippen molar-refractivity contribution in [3.05, 3.63) is 36.4 Å². The summed E-state index contributed by atoms with van der Waals surface area (Å²) in [6.07, 6.45) is 2.85. The number of carbonyl (C=O) groups is 2. The van der Waals surface area contributed by atoms with E-state index in [0.717, 1.165) is 16.5 Å². The van der Waals surface area contributed by atoms with Crippen molar-refractivity contribution in [2.24, 2.45) is 5.92 Å². The standard InChI is InChI=1S/C19H22N4O4/c1-3-11(2)17(19(25)26)21-15(24)6-7-16-22-18(23-27-16)13-5-4-12-8-9-20-14(12)10-13/h4-5,8-11,17,20H,3,6-7H2,1-2H3,(H,21,24)(H,25,26)/t11-,17-/m0/s1. The number of fused-ring (bicyclic) bond motifs is 1. The lowest BCUT2D eigenvalue weighted by atomic mass is 9.99. The number of rotatable bonds is 8. The van der Waals surface area contributed by atoms with Gasteiger partial charge in [-0.05, 0) is 23.4 Å². The molecular formula is C19H22N4O4. The second-order valence-electron chi connectivity index (χ2n) is 6.56. The minimum Gasteiger partial charge on any atom is -0.480 e. The number of amides is 1. The summed E-state index contributed by atoms with van der Waals surface area (Å²) in [6, 6.07) is 6.88. The van der Waals surface area contributed by atoms with Gasteiger partial charge < -0.3 is 19.9 Å². The van der Waals surface area contributed by atoms with Gasteiger partial charge in [-0.25, -0.2) is 4.79 Å². The highest BCUT2D eigenvalue weighted by atomic mass is 16.5. The normalized spacial score (nSPS) is 13.4. The third-order valence-corrected chi connectivity index (χ3v) is 4.64. The van der Waals surface area contributed by atoms with Crippen LogP contribution in [0.3, 0.4) is 0 Å². The smallest absolute Gasteiger partial charge is 0.326 e. The van der Waals surface area contributed by atoms with Crippen LogP contribution in [0.5, 0.6) is 0 Å². The maximum atomic E-state index is 12.1. The fourth-order valence-electron chi connectivity index (χ4n) is 2.81. The Morgan fingerprint density at radius 3 is 2.89 bits per heavy atom. The van der Waals surface area contributed by atoms with Gasteiger partial charge in [0.25, 0.3) is 0 Å². The van der Waals surface area contributed by atoms with Crippen molar-refractivity contribution < 1.29 is 19.2 Å². The molecule has 0 saturated carbocycles. The Hall–Kier alpha value is -3.16. The predicted octanol–water partition coefficient (Wildman–Crippen LogP) is 2.77. The van der Waals surface area contributed by atoms with Gasteiger partial charge in [0.15, 0.2) is 0 Å². The highest BCUT2D eigenvalue weighted by molar-refractivity contribution is 5.84. The first-order chi connectivity index (χ1) is 13.0. The first kappa shape index (κ1) is 18.6. The van der Waals surface area contributed by atoms with Gasteiger partial charge in [-0.2, -0.15) is 4.98 Å². The molecule has 3 aromatic rings. The number of hydrogen-bond acceptors (Lipinski definition) is 5. The zero-order valence-corrected chi connectivity index (χ0v) is 15.2. The number of aryl methyl sites for hydroxylation is 1. The fourth-order valence-corrected chi connectivity index (χ4v) is 2.81. The van der Waals surface area contributed by atoms with E-state index in [4.69, 9.17) is 4.52 Å². The van der Waals surface area contributed by atoms with Gasteiger partial charge in [0.2, 0.25) is 17.6 Å². The minimum atomic E-state index is -1.03. The lowest BCUT2D eigenvalue weighted by Gasteiger charge is -2.19. The summed E-state index contributed by atoms with van der Waals surface area (Å²) in [4.78, 5) is 30.8. The first-order valence-corrected chi connectivity index (χ1v) is 8.90. The summed E-state index contributed by atoms with van der Waals surface area (Å²) in [5.74, 6) is -0.746. The molecular weight excluding hydrogens is 348 g/mol. The van der Waals surface area contributed by atoms with Crippen molar-refractivity contribution in [3.63, 3.8) is 0 Å². The van der Waals surface area contributed by atoms with Gasteiger partial charge in [-0.1, -0.05) is 37.6 Å². The molecule has 2 aromatic heterocycles. The van der Waals surface area contributed by atoms with Crippen molar-refractivity contribution in [1.29, 1.82) is 0 Å². The highest BCUT2D eigenvalue weighted by Gasteiger charge is 2.25. The molecule has 8 heteroatoms. The van der Waals surface area contributed by atoms with Crippen LogP contribution in [0.2, 0.25) is 0 Å². The van der Waals surface area contributed by atoms with Crippen LogP contribution in [0.1, 0.15) is 32.6 Å². The molecule has 3 N–H and O–H groups in total. The molecule has 0 radical (unpaired) electrons. The van der Waals surface area contributed by atoms with Crippen molar-refractivity contribution in [3.8, 4) is 11.4 Å². The summed E-state index contributed by atoms with van der Waals surface area (Å²) in [5, 5.41) is 16.9. The van der Waals surface area contributed by atoms with Gasteiger partial charge in [0.1, 0.15) is 6.04 Å². The van der Waals surface area contributed by atoms with Crippen molar-refractivity contribution >= 4 is 22.8 Å². The first-order valence-electron chi connectivity index (χ1n) is 8.90. The van der Waals surface area contributed by atoms with Crippen LogP contribution < -0.4 is 5.32 Å². The van der Waals surface area contributed by atoms with Crippen LogP contribution in [-0.4, -0.2) is 38.1 Å². The Morgan fingerprint density at radius 1 is 1.33 bits per heavy atom. The number of nitrogens with one attached hydrogen (secondary N) is 2. The number of nitrogens with zero attached hydrogens (tertiary/aromatic N) is 2. The maximum absolute atomic E-state index is 12.1. The van der Waals surface area contributed by atoms with E-state index in [1.807, 2.05) is 37.4 Å². The number of hydrogen-bond donors (Lipinski definition) is 3. The Kier molecular flexibility index (Phi) is 5.54. The third-order valence-electron chi connectivity index (χ3n) is 4.64. The van der Waals surface area contributed by atoms with Gasteiger partial charge in [-0.3, -0.25) is 4.79 Å². The zero-order chi connectivity index (χ0) is 19.4. The molecule has 1 amide bonds. The quantitative estimate of drug-likeness (QED) is 0.560. The van der Waals surface area contributed by atoms with E-state index in [0.29, 0.717) is 18.1 Å². The molecule has 0 fully saturated rings. The van der Waals surface area contributed by atoms with E-state index in [2.05, 4.69) is 20.4 Å². The molecule has 0 aliphatic carbocycles. The number of H-pyrrole nitrogens is 1. The Morgan fingerprint density at radius 2 is 2.15 bits per heavy atom.